The summed E-state index contributed by atoms with van der Waals surface area (Å²) in [6, 6.07) is 5.56. The van der Waals surface area contributed by atoms with Crippen molar-refractivity contribution in [2.45, 2.75) is 51.6 Å². The van der Waals surface area contributed by atoms with Crippen LogP contribution < -0.4 is 21.3 Å². The summed E-state index contributed by atoms with van der Waals surface area (Å²) in [6.07, 6.45) is 6.99. The molecule has 4 rings (SSSR count). The molecule has 1 aliphatic heterocycles. The Kier molecular flexibility index (Phi) is 6.94. The van der Waals surface area contributed by atoms with Crippen LogP contribution >= 0.6 is 0 Å². The van der Waals surface area contributed by atoms with E-state index in [0.29, 0.717) is 24.0 Å². The van der Waals surface area contributed by atoms with Crippen molar-refractivity contribution in [3.8, 4) is 0 Å². The molecule has 0 saturated carbocycles. The maximum atomic E-state index is 12.8. The molecule has 2 amide bonds. The Balaban J connectivity index is 1.51. The number of carbonyl (C=O) groups excluding carboxylic acids is 2. The first-order valence-corrected chi connectivity index (χ1v) is 11.7. The van der Waals surface area contributed by atoms with Crippen LogP contribution in [0.2, 0.25) is 0 Å². The number of piperidine rings is 1. The second-order valence-electron chi connectivity index (χ2n) is 9.24. The summed E-state index contributed by atoms with van der Waals surface area (Å²) in [5, 5.41) is 14.4. The van der Waals surface area contributed by atoms with Gasteiger partial charge in [-0.15, -0.1) is 10.2 Å². The van der Waals surface area contributed by atoms with E-state index in [2.05, 4.69) is 51.6 Å². The first-order chi connectivity index (χ1) is 16.7. The molecule has 0 aliphatic carbocycles. The van der Waals surface area contributed by atoms with Gasteiger partial charge in [-0.1, -0.05) is 13.8 Å². The number of amides is 2. The summed E-state index contributed by atoms with van der Waals surface area (Å²) >= 11 is 0. The van der Waals surface area contributed by atoms with Crippen LogP contribution in [-0.4, -0.2) is 55.2 Å². The number of primary amides is 1. The van der Waals surface area contributed by atoms with Gasteiger partial charge in [-0.3, -0.25) is 14.6 Å². The van der Waals surface area contributed by atoms with E-state index in [1.165, 1.54) is 0 Å². The normalized spacial score (nSPS) is 17.9. The quantitative estimate of drug-likeness (QED) is 0.470. The third-order valence-corrected chi connectivity index (χ3v) is 6.12. The van der Waals surface area contributed by atoms with Gasteiger partial charge in [0, 0.05) is 50.0 Å². The zero-order valence-electron chi connectivity index (χ0n) is 20.4. The number of aromatic nitrogens is 5. The van der Waals surface area contributed by atoms with Gasteiger partial charge in [-0.05, 0) is 43.9 Å². The van der Waals surface area contributed by atoms with Crippen LogP contribution in [0.1, 0.15) is 66.1 Å². The van der Waals surface area contributed by atoms with Gasteiger partial charge in [0.15, 0.2) is 11.5 Å². The number of nitrogens with two attached hydrogens (primary N) is 1. The Morgan fingerprint density at radius 1 is 1.17 bits per heavy atom. The van der Waals surface area contributed by atoms with Gasteiger partial charge in [0.25, 0.3) is 11.8 Å². The Bertz CT molecular complexity index is 1210. The summed E-state index contributed by atoms with van der Waals surface area (Å²) in [7, 11) is 1.89. The van der Waals surface area contributed by atoms with Gasteiger partial charge < -0.3 is 25.8 Å². The number of anilines is 3. The van der Waals surface area contributed by atoms with Gasteiger partial charge >= 0.3 is 0 Å². The van der Waals surface area contributed by atoms with Crippen LogP contribution in [0.25, 0.3) is 0 Å². The van der Waals surface area contributed by atoms with Crippen LogP contribution in [0, 0.1) is 0 Å². The van der Waals surface area contributed by atoms with Crippen LogP contribution in [0.5, 0.6) is 0 Å². The molecular weight excluding hydrogens is 446 g/mol. The van der Waals surface area contributed by atoms with Crippen molar-refractivity contribution < 1.29 is 9.59 Å². The minimum atomic E-state index is -0.719. The molecular formula is C24H31N9O2. The molecule has 4 N–H and O–H groups in total. The fourth-order valence-corrected chi connectivity index (χ4v) is 4.06. The average molecular weight is 478 g/mol. The molecule has 1 saturated heterocycles. The first kappa shape index (κ1) is 24.1. The molecule has 11 heteroatoms. The fraction of sp³-hybridized carbons (Fsp3) is 0.417. The van der Waals surface area contributed by atoms with Crippen molar-refractivity contribution in [3.63, 3.8) is 0 Å². The van der Waals surface area contributed by atoms with Crippen molar-refractivity contribution >= 4 is 29.3 Å². The van der Waals surface area contributed by atoms with Crippen LogP contribution in [0.3, 0.4) is 0 Å². The standard InChI is InChI=1S/C24H31N9O2/c1-14(2)19-8-6-16(11-26-19)23(35)28-17-7-5-15(3)33(13-17)24-29-22(20(21(25)34)30-31-24)27-18-9-10-32(4)12-18/h6,8-12,14-15,17H,5,7,13H2,1-4H3,(H2,25,34)(H,28,35)(H,27,29,31)/t15-,17+/m0/s1. The topological polar surface area (TPSA) is 144 Å². The second-order valence-corrected chi connectivity index (χ2v) is 9.24. The Hall–Kier alpha value is -4.02. The predicted octanol–water partition coefficient (Wildman–Crippen LogP) is 2.36. The molecule has 3 aromatic rings. The minimum absolute atomic E-state index is 0.0375. The summed E-state index contributed by atoms with van der Waals surface area (Å²) in [5.41, 5.74) is 7.68. The molecule has 0 unspecified atom stereocenters. The SMILES string of the molecule is CC(C)c1ccc(C(=O)N[C@@H]2CC[C@H](C)N(c3nnc(C(N)=O)c(Nc4ccn(C)c4)n3)C2)cn1. The molecule has 0 spiro atoms. The highest BCUT2D eigenvalue weighted by molar-refractivity contribution is 5.96. The number of carbonyl (C=O) groups is 2. The number of aryl methyl sites for hydroxylation is 1. The van der Waals surface area contributed by atoms with Crippen molar-refractivity contribution in [2.75, 3.05) is 16.8 Å². The zero-order valence-corrected chi connectivity index (χ0v) is 20.4. The number of rotatable bonds is 7. The number of hydrogen-bond donors (Lipinski definition) is 3. The predicted molar refractivity (Wildman–Crippen MR) is 133 cm³/mol. The van der Waals surface area contributed by atoms with Crippen molar-refractivity contribution in [3.05, 3.63) is 53.7 Å². The average Bonchev–Trinajstić information content (AvgIpc) is 3.24. The molecule has 35 heavy (non-hydrogen) atoms. The number of nitrogens with zero attached hydrogens (tertiary/aromatic N) is 6. The lowest BCUT2D eigenvalue weighted by atomic mass is 9.99. The largest absolute Gasteiger partial charge is 0.364 e. The summed E-state index contributed by atoms with van der Waals surface area (Å²) in [4.78, 5) is 35.7. The molecule has 1 aliphatic rings. The smallest absolute Gasteiger partial charge is 0.273 e. The highest BCUT2D eigenvalue weighted by Crippen LogP contribution is 2.25. The molecule has 184 valence electrons. The van der Waals surface area contributed by atoms with Gasteiger partial charge in [-0.25, -0.2) is 0 Å². The molecule has 3 aromatic heterocycles. The van der Waals surface area contributed by atoms with Crippen LogP contribution in [0.4, 0.5) is 17.5 Å². The Morgan fingerprint density at radius 3 is 2.60 bits per heavy atom. The lowest BCUT2D eigenvalue weighted by Crippen LogP contribution is -2.51. The number of pyridine rings is 1. The maximum Gasteiger partial charge on any atom is 0.273 e. The van der Waals surface area contributed by atoms with Gasteiger partial charge in [-0.2, -0.15) is 4.98 Å². The summed E-state index contributed by atoms with van der Waals surface area (Å²) in [6.45, 7) is 6.70. The second kappa shape index (κ2) is 10.1. The Labute approximate surface area is 204 Å². The minimum Gasteiger partial charge on any atom is -0.364 e. The molecule has 4 heterocycles. The highest BCUT2D eigenvalue weighted by atomic mass is 16.2. The number of nitrogens with one attached hydrogen (secondary N) is 2. The Morgan fingerprint density at radius 2 is 1.97 bits per heavy atom. The van der Waals surface area contributed by atoms with Gasteiger partial charge in [0.1, 0.15) is 0 Å². The monoisotopic (exact) mass is 477 g/mol. The molecule has 0 bridgehead atoms. The first-order valence-electron chi connectivity index (χ1n) is 11.7. The van der Waals surface area contributed by atoms with E-state index in [0.717, 1.165) is 24.2 Å². The summed E-state index contributed by atoms with van der Waals surface area (Å²) in [5.74, 6) is 0.0216. The van der Waals surface area contributed by atoms with E-state index in [9.17, 15) is 9.59 Å². The third-order valence-electron chi connectivity index (χ3n) is 6.12. The van der Waals surface area contributed by atoms with Crippen molar-refractivity contribution in [2.24, 2.45) is 12.8 Å². The molecule has 1 fully saturated rings. The highest BCUT2D eigenvalue weighted by Gasteiger charge is 2.30. The maximum absolute atomic E-state index is 12.8. The van der Waals surface area contributed by atoms with Gasteiger partial charge in [0.2, 0.25) is 5.95 Å². The lowest BCUT2D eigenvalue weighted by Gasteiger charge is -2.38. The fourth-order valence-electron chi connectivity index (χ4n) is 4.06. The van der Waals surface area contributed by atoms with E-state index in [-0.39, 0.29) is 29.5 Å². The zero-order chi connectivity index (χ0) is 25.1. The van der Waals surface area contributed by atoms with E-state index >= 15 is 0 Å². The molecule has 11 nitrogen and oxygen atoms in total. The molecule has 0 radical (unpaired) electrons. The van der Waals surface area contributed by atoms with Gasteiger partial charge in [0.05, 0.1) is 11.3 Å². The molecule has 0 aromatic carbocycles. The summed E-state index contributed by atoms with van der Waals surface area (Å²) < 4.78 is 1.87. The van der Waals surface area contributed by atoms with E-state index in [1.807, 2.05) is 41.0 Å². The van der Waals surface area contributed by atoms with E-state index in [1.54, 1.807) is 12.3 Å². The lowest BCUT2D eigenvalue weighted by molar-refractivity contribution is 0.0929. The number of hydrogen-bond acceptors (Lipinski definition) is 8. The van der Waals surface area contributed by atoms with Crippen molar-refractivity contribution in [1.82, 2.24) is 30.0 Å². The van der Waals surface area contributed by atoms with E-state index < -0.39 is 5.91 Å². The van der Waals surface area contributed by atoms with Crippen LogP contribution in [-0.2, 0) is 7.05 Å². The third kappa shape index (κ3) is 5.56. The molecule has 2 atom stereocenters. The van der Waals surface area contributed by atoms with Crippen LogP contribution in [0.15, 0.2) is 36.8 Å². The van der Waals surface area contributed by atoms with E-state index in [4.69, 9.17) is 5.73 Å². The van der Waals surface area contributed by atoms with Crippen molar-refractivity contribution in [1.29, 1.82) is 0 Å².